The summed E-state index contributed by atoms with van der Waals surface area (Å²) in [5, 5.41) is 3.28. The van der Waals surface area contributed by atoms with E-state index in [1.165, 1.54) is 15.6 Å². The molecule has 0 amide bonds. The predicted octanol–water partition coefficient (Wildman–Crippen LogP) is 3.98. The molecule has 0 saturated carbocycles. The molecule has 0 radical (unpaired) electrons. The molecule has 0 aliphatic carbocycles. The van der Waals surface area contributed by atoms with Gasteiger partial charge in [0, 0.05) is 19.9 Å². The first kappa shape index (κ1) is 9.03. The van der Waals surface area contributed by atoms with Crippen molar-refractivity contribution in [1.82, 2.24) is 0 Å². The molecule has 2 rings (SSSR count). The smallest absolute Gasteiger partial charge is 0.131 e. The first-order valence-corrected chi connectivity index (χ1v) is 5.61. The van der Waals surface area contributed by atoms with E-state index in [1.807, 2.05) is 0 Å². The molecule has 0 bridgehead atoms. The lowest BCUT2D eigenvalue weighted by molar-refractivity contribution is 0.417. The first-order chi connectivity index (χ1) is 6.24. The second-order valence-electron chi connectivity index (χ2n) is 2.87. The van der Waals surface area contributed by atoms with E-state index in [-0.39, 0.29) is 0 Å². The highest BCUT2D eigenvalue weighted by molar-refractivity contribution is 9.10. The molecule has 1 aromatic carbocycles. The number of thiophene rings is 1. The summed E-state index contributed by atoms with van der Waals surface area (Å²) in [4.78, 5) is 0. The minimum Gasteiger partial charge on any atom is -0.496 e. The van der Waals surface area contributed by atoms with Crippen LogP contribution < -0.4 is 4.74 Å². The molecule has 0 atom stereocenters. The number of halogens is 1. The third kappa shape index (κ3) is 1.36. The van der Waals surface area contributed by atoms with E-state index in [9.17, 15) is 0 Å². The zero-order chi connectivity index (χ0) is 9.42. The maximum Gasteiger partial charge on any atom is 0.131 e. The summed E-state index contributed by atoms with van der Waals surface area (Å²) in [5.41, 5.74) is 1.18. The molecule has 0 unspecified atom stereocenters. The Morgan fingerprint density at radius 2 is 2.15 bits per heavy atom. The maximum atomic E-state index is 5.37. The van der Waals surface area contributed by atoms with Crippen LogP contribution in [0.4, 0.5) is 0 Å². The van der Waals surface area contributed by atoms with Crippen LogP contribution in [-0.4, -0.2) is 7.11 Å². The maximum absolute atomic E-state index is 5.37. The third-order valence-electron chi connectivity index (χ3n) is 2.05. The Labute approximate surface area is 89.5 Å². The highest BCUT2D eigenvalue weighted by Gasteiger charge is 2.09. The molecule has 1 heterocycles. The van der Waals surface area contributed by atoms with Gasteiger partial charge < -0.3 is 4.74 Å². The van der Waals surface area contributed by atoms with Crippen molar-refractivity contribution in [3.63, 3.8) is 0 Å². The Hall–Kier alpha value is -0.540. The zero-order valence-corrected chi connectivity index (χ0v) is 9.83. The van der Waals surface area contributed by atoms with Crippen LogP contribution in [0, 0.1) is 6.92 Å². The molecule has 0 saturated heterocycles. The molecular formula is C10H9BrOS. The summed E-state index contributed by atoms with van der Waals surface area (Å²) in [6.07, 6.45) is 0. The number of fused-ring (bicyclic) bond motifs is 1. The number of hydrogen-bond donors (Lipinski definition) is 0. The van der Waals surface area contributed by atoms with Crippen LogP contribution in [0.2, 0.25) is 0 Å². The highest BCUT2D eigenvalue weighted by Crippen LogP contribution is 2.38. The van der Waals surface area contributed by atoms with Crippen LogP contribution in [0.5, 0.6) is 5.75 Å². The predicted molar refractivity (Wildman–Crippen MR) is 60.8 cm³/mol. The molecule has 2 aromatic rings. The fraction of sp³-hybridized carbons (Fsp3) is 0.200. The fourth-order valence-corrected chi connectivity index (χ4v) is 3.05. The normalized spacial score (nSPS) is 10.7. The van der Waals surface area contributed by atoms with E-state index in [2.05, 4.69) is 40.4 Å². The van der Waals surface area contributed by atoms with Gasteiger partial charge in [-0.1, -0.05) is 6.07 Å². The van der Waals surface area contributed by atoms with Gasteiger partial charge >= 0.3 is 0 Å². The summed E-state index contributed by atoms with van der Waals surface area (Å²) in [5.74, 6) is 0.977. The number of aryl methyl sites for hydroxylation is 1. The molecule has 0 fully saturated rings. The zero-order valence-electron chi connectivity index (χ0n) is 7.43. The molecule has 13 heavy (non-hydrogen) atoms. The lowest BCUT2D eigenvalue weighted by Gasteiger charge is -2.05. The minimum absolute atomic E-state index is 0.977. The second kappa shape index (κ2) is 3.31. The molecular weight excluding hydrogens is 248 g/mol. The Morgan fingerprint density at radius 3 is 2.85 bits per heavy atom. The summed E-state index contributed by atoms with van der Waals surface area (Å²) in [7, 11) is 1.71. The Balaban J connectivity index is 2.88. The molecule has 0 spiro atoms. The minimum atomic E-state index is 0.977. The number of rotatable bonds is 1. The highest BCUT2D eigenvalue weighted by atomic mass is 79.9. The van der Waals surface area contributed by atoms with Crippen molar-refractivity contribution in [3.05, 3.63) is 27.5 Å². The van der Waals surface area contributed by atoms with Crippen molar-refractivity contribution < 1.29 is 4.74 Å². The van der Waals surface area contributed by atoms with E-state index in [0.717, 1.165) is 10.2 Å². The van der Waals surface area contributed by atoms with Crippen molar-refractivity contribution in [3.8, 4) is 5.75 Å². The van der Waals surface area contributed by atoms with Crippen molar-refractivity contribution in [1.29, 1.82) is 0 Å². The largest absolute Gasteiger partial charge is 0.496 e. The molecule has 0 aliphatic heterocycles. The van der Waals surface area contributed by atoms with Crippen molar-refractivity contribution in [2.45, 2.75) is 6.92 Å². The van der Waals surface area contributed by atoms with Gasteiger partial charge in [0.25, 0.3) is 0 Å². The van der Waals surface area contributed by atoms with Crippen molar-refractivity contribution in [2.24, 2.45) is 0 Å². The van der Waals surface area contributed by atoms with Crippen molar-refractivity contribution >= 4 is 37.4 Å². The number of benzene rings is 1. The van der Waals surface area contributed by atoms with Crippen LogP contribution in [0.1, 0.15) is 5.56 Å². The third-order valence-corrected chi connectivity index (χ3v) is 3.92. The van der Waals surface area contributed by atoms with Gasteiger partial charge in [0.05, 0.1) is 7.11 Å². The topological polar surface area (TPSA) is 9.23 Å². The second-order valence-corrected chi connectivity index (χ2v) is 4.64. The first-order valence-electron chi connectivity index (χ1n) is 3.94. The standard InChI is InChI=1S/C10H9BrOS/c1-6-3-4-8-9(10(6)12-2)7(11)5-13-8/h3-5H,1-2H3. The summed E-state index contributed by atoms with van der Waals surface area (Å²) < 4.78 is 7.75. The number of hydrogen-bond acceptors (Lipinski definition) is 2. The van der Waals surface area contributed by atoms with E-state index in [0.29, 0.717) is 0 Å². The summed E-state index contributed by atoms with van der Waals surface area (Å²) in [6.45, 7) is 2.06. The van der Waals surface area contributed by atoms with Gasteiger partial charge in [0.1, 0.15) is 5.75 Å². The average Bonchev–Trinajstić information content (AvgIpc) is 2.49. The van der Waals surface area contributed by atoms with Gasteiger partial charge in [0.2, 0.25) is 0 Å². The van der Waals surface area contributed by atoms with Crippen LogP contribution in [0.15, 0.2) is 22.0 Å². The van der Waals surface area contributed by atoms with Gasteiger partial charge in [-0.2, -0.15) is 0 Å². The van der Waals surface area contributed by atoms with Crippen LogP contribution in [0.3, 0.4) is 0 Å². The summed E-state index contributed by atoms with van der Waals surface area (Å²) in [6, 6.07) is 4.22. The molecule has 3 heteroatoms. The molecule has 1 nitrogen and oxygen atoms in total. The van der Waals surface area contributed by atoms with E-state index in [4.69, 9.17) is 4.74 Å². The quantitative estimate of drug-likeness (QED) is 0.750. The molecule has 1 aromatic heterocycles. The Morgan fingerprint density at radius 1 is 1.38 bits per heavy atom. The van der Waals surface area contributed by atoms with Gasteiger partial charge in [0.15, 0.2) is 0 Å². The molecule has 68 valence electrons. The van der Waals surface area contributed by atoms with Crippen LogP contribution in [0.25, 0.3) is 10.1 Å². The number of ether oxygens (including phenoxy) is 1. The van der Waals surface area contributed by atoms with Crippen molar-refractivity contribution in [2.75, 3.05) is 7.11 Å². The van der Waals surface area contributed by atoms with Crippen LogP contribution in [-0.2, 0) is 0 Å². The van der Waals surface area contributed by atoms with Gasteiger partial charge in [-0.15, -0.1) is 11.3 Å². The van der Waals surface area contributed by atoms with Gasteiger partial charge in [-0.05, 0) is 34.5 Å². The van der Waals surface area contributed by atoms with Gasteiger partial charge in [-0.25, -0.2) is 0 Å². The summed E-state index contributed by atoms with van der Waals surface area (Å²) >= 11 is 5.25. The number of methoxy groups -OCH3 is 1. The Bertz CT molecular complexity index is 447. The molecule has 0 aliphatic rings. The fourth-order valence-electron chi connectivity index (χ4n) is 1.43. The SMILES string of the molecule is COc1c(C)ccc2scc(Br)c12. The van der Waals surface area contributed by atoms with Crippen LogP contribution >= 0.6 is 27.3 Å². The monoisotopic (exact) mass is 256 g/mol. The lowest BCUT2D eigenvalue weighted by Crippen LogP contribution is -1.86. The average molecular weight is 257 g/mol. The van der Waals surface area contributed by atoms with E-state index in [1.54, 1.807) is 18.4 Å². The van der Waals surface area contributed by atoms with E-state index >= 15 is 0 Å². The van der Waals surface area contributed by atoms with Gasteiger partial charge in [-0.3, -0.25) is 0 Å². The molecule has 0 N–H and O–H groups in total. The Kier molecular flexibility index (Phi) is 2.30. The lowest BCUT2D eigenvalue weighted by atomic mass is 10.1. The van der Waals surface area contributed by atoms with E-state index < -0.39 is 0 Å².